The Kier molecular flexibility index (Phi) is 4.09. The molecule has 0 bridgehead atoms. The lowest BCUT2D eigenvalue weighted by atomic mass is 10.2. The number of rotatable bonds is 5. The van der Waals surface area contributed by atoms with E-state index in [1.54, 1.807) is 24.3 Å². The number of aromatic hydroxyl groups is 1. The quantitative estimate of drug-likeness (QED) is 0.372. The fraction of sp³-hybridized carbons (Fsp3) is 0. The molecule has 0 atom stereocenters. The summed E-state index contributed by atoms with van der Waals surface area (Å²) in [5.74, 6) is 0.875. The van der Waals surface area contributed by atoms with Crippen LogP contribution >= 0.6 is 0 Å². The maximum atomic E-state index is 9.78. The predicted octanol–water partition coefficient (Wildman–Crippen LogP) is 2.91. The van der Waals surface area contributed by atoms with Crippen molar-refractivity contribution in [1.82, 2.24) is 20.3 Å². The number of benzene rings is 2. The number of phenols is 1. The molecule has 2 aromatic heterocycles. The van der Waals surface area contributed by atoms with Crippen LogP contribution in [-0.4, -0.2) is 31.6 Å². The molecule has 9 heteroatoms. The highest BCUT2D eigenvalue weighted by atomic mass is 16.6. The minimum atomic E-state index is 0.128. The second-order valence-corrected chi connectivity index (χ2v) is 5.25. The Balaban J connectivity index is 1.64. The number of hydrazone groups is 1. The Hall–Kier alpha value is -4.01. The van der Waals surface area contributed by atoms with Gasteiger partial charge < -0.3 is 10.4 Å². The number of para-hydroxylation sites is 2. The average Bonchev–Trinajstić information content (AvgIpc) is 3.11. The Morgan fingerprint density at radius 3 is 2.35 bits per heavy atom. The lowest BCUT2D eigenvalue weighted by molar-refractivity contribution is 0.314. The monoisotopic (exact) mass is 347 g/mol. The van der Waals surface area contributed by atoms with Crippen LogP contribution in [0, 0.1) is 0 Å². The number of aromatic nitrogens is 4. The number of hydrogen-bond acceptors (Lipinski definition) is 9. The molecule has 0 aliphatic heterocycles. The molecule has 3 N–H and O–H groups in total. The van der Waals surface area contributed by atoms with E-state index in [0.717, 1.165) is 5.69 Å². The molecule has 4 aromatic rings. The van der Waals surface area contributed by atoms with Crippen molar-refractivity contribution in [2.45, 2.75) is 0 Å². The van der Waals surface area contributed by atoms with Gasteiger partial charge in [-0.3, -0.25) is 5.43 Å². The summed E-state index contributed by atoms with van der Waals surface area (Å²) in [5.41, 5.74) is 4.72. The van der Waals surface area contributed by atoms with Crippen LogP contribution in [-0.2, 0) is 0 Å². The SMILES string of the molecule is Oc1ccccc1C=NNc1nc2nonc2nc1Nc1ccccc1. The molecular formula is C17H13N7O2. The molecule has 0 unspecified atom stereocenters. The molecule has 4 rings (SSSR count). The molecule has 0 saturated carbocycles. The summed E-state index contributed by atoms with van der Waals surface area (Å²) in [4.78, 5) is 8.65. The molecule has 0 radical (unpaired) electrons. The third kappa shape index (κ3) is 3.26. The van der Waals surface area contributed by atoms with E-state index in [9.17, 15) is 5.11 Å². The van der Waals surface area contributed by atoms with E-state index in [-0.39, 0.29) is 17.0 Å². The minimum Gasteiger partial charge on any atom is -0.507 e. The molecule has 128 valence electrons. The van der Waals surface area contributed by atoms with Crippen LogP contribution in [0.5, 0.6) is 5.75 Å². The van der Waals surface area contributed by atoms with Crippen LogP contribution in [0.3, 0.4) is 0 Å². The van der Waals surface area contributed by atoms with E-state index < -0.39 is 0 Å². The summed E-state index contributed by atoms with van der Waals surface area (Å²) in [6.45, 7) is 0. The Morgan fingerprint density at radius 2 is 1.58 bits per heavy atom. The number of anilines is 3. The number of fused-ring (bicyclic) bond motifs is 1. The average molecular weight is 347 g/mol. The zero-order valence-corrected chi connectivity index (χ0v) is 13.4. The highest BCUT2D eigenvalue weighted by molar-refractivity contribution is 5.84. The summed E-state index contributed by atoms with van der Waals surface area (Å²) in [6.07, 6.45) is 1.48. The first-order valence-electron chi connectivity index (χ1n) is 7.69. The second kappa shape index (κ2) is 6.85. The van der Waals surface area contributed by atoms with Crippen LogP contribution in [0.4, 0.5) is 17.3 Å². The summed E-state index contributed by atoms with van der Waals surface area (Å²) in [6, 6.07) is 16.3. The molecule has 0 fully saturated rings. The topological polar surface area (TPSA) is 121 Å². The Morgan fingerprint density at radius 1 is 0.885 bits per heavy atom. The molecule has 26 heavy (non-hydrogen) atoms. The van der Waals surface area contributed by atoms with Gasteiger partial charge in [0.1, 0.15) is 5.75 Å². The fourth-order valence-electron chi connectivity index (χ4n) is 2.22. The van der Waals surface area contributed by atoms with Crippen molar-refractivity contribution >= 4 is 34.8 Å². The zero-order chi connectivity index (χ0) is 17.8. The van der Waals surface area contributed by atoms with Gasteiger partial charge in [-0.2, -0.15) is 10.1 Å². The van der Waals surface area contributed by atoms with Crippen molar-refractivity contribution in [1.29, 1.82) is 0 Å². The molecule has 2 heterocycles. The Labute approximate surface area is 147 Å². The molecular weight excluding hydrogens is 334 g/mol. The second-order valence-electron chi connectivity index (χ2n) is 5.25. The van der Waals surface area contributed by atoms with Crippen LogP contribution in [0.15, 0.2) is 64.3 Å². The van der Waals surface area contributed by atoms with Crippen molar-refractivity contribution in [2.75, 3.05) is 10.7 Å². The van der Waals surface area contributed by atoms with Gasteiger partial charge in [-0.1, -0.05) is 30.3 Å². The van der Waals surface area contributed by atoms with E-state index in [1.165, 1.54) is 6.21 Å². The van der Waals surface area contributed by atoms with E-state index in [2.05, 4.69) is 40.8 Å². The summed E-state index contributed by atoms with van der Waals surface area (Å²) in [7, 11) is 0. The summed E-state index contributed by atoms with van der Waals surface area (Å²) < 4.78 is 4.66. The standard InChI is InChI=1S/C17H13N7O2/c25-13-9-5-4-6-11(13)10-18-22-15-14(19-12-7-2-1-3-8-12)20-16-17(21-15)24-26-23-16/h1-10,25H,(H,19,20,23)(H,21,22,24). The number of phenolic OH excluding ortho intramolecular Hbond substituents is 1. The largest absolute Gasteiger partial charge is 0.507 e. The van der Waals surface area contributed by atoms with Gasteiger partial charge in [0, 0.05) is 11.3 Å². The first-order valence-corrected chi connectivity index (χ1v) is 7.69. The van der Waals surface area contributed by atoms with E-state index in [0.29, 0.717) is 17.2 Å². The summed E-state index contributed by atoms with van der Waals surface area (Å²) in [5, 5.41) is 24.4. The van der Waals surface area contributed by atoms with Gasteiger partial charge in [0.25, 0.3) is 0 Å². The van der Waals surface area contributed by atoms with Crippen molar-refractivity contribution in [3.63, 3.8) is 0 Å². The predicted molar refractivity (Wildman–Crippen MR) is 96.4 cm³/mol. The first kappa shape index (κ1) is 15.5. The smallest absolute Gasteiger partial charge is 0.245 e. The van der Waals surface area contributed by atoms with Crippen molar-refractivity contribution < 1.29 is 9.74 Å². The van der Waals surface area contributed by atoms with Crippen LogP contribution in [0.25, 0.3) is 11.3 Å². The van der Waals surface area contributed by atoms with Gasteiger partial charge in [-0.25, -0.2) is 9.61 Å². The van der Waals surface area contributed by atoms with E-state index in [4.69, 9.17) is 0 Å². The highest BCUT2D eigenvalue weighted by Crippen LogP contribution is 2.23. The zero-order valence-electron chi connectivity index (χ0n) is 13.4. The van der Waals surface area contributed by atoms with Gasteiger partial charge >= 0.3 is 0 Å². The third-order valence-corrected chi connectivity index (χ3v) is 3.46. The van der Waals surface area contributed by atoms with Crippen LogP contribution in [0.1, 0.15) is 5.56 Å². The lowest BCUT2D eigenvalue weighted by Gasteiger charge is -2.09. The lowest BCUT2D eigenvalue weighted by Crippen LogP contribution is -2.03. The molecule has 9 nitrogen and oxygen atoms in total. The molecule has 0 saturated heterocycles. The molecule has 0 aliphatic rings. The summed E-state index contributed by atoms with van der Waals surface area (Å²) >= 11 is 0. The normalized spacial score (nSPS) is 11.1. The number of hydrogen-bond donors (Lipinski definition) is 3. The highest BCUT2D eigenvalue weighted by Gasteiger charge is 2.12. The molecule has 2 aromatic carbocycles. The first-order chi connectivity index (χ1) is 12.8. The third-order valence-electron chi connectivity index (χ3n) is 3.46. The van der Waals surface area contributed by atoms with E-state index >= 15 is 0 Å². The maximum Gasteiger partial charge on any atom is 0.245 e. The van der Waals surface area contributed by atoms with Crippen LogP contribution < -0.4 is 10.7 Å². The number of nitrogens with one attached hydrogen (secondary N) is 2. The molecule has 0 spiro atoms. The fourth-order valence-corrected chi connectivity index (χ4v) is 2.22. The van der Waals surface area contributed by atoms with Gasteiger partial charge in [-0.15, -0.1) is 0 Å². The van der Waals surface area contributed by atoms with Gasteiger partial charge in [0.15, 0.2) is 11.6 Å². The van der Waals surface area contributed by atoms with Gasteiger partial charge in [-0.05, 0) is 34.6 Å². The van der Waals surface area contributed by atoms with Crippen molar-refractivity contribution in [2.24, 2.45) is 5.10 Å². The van der Waals surface area contributed by atoms with Gasteiger partial charge in [0.05, 0.1) is 6.21 Å². The van der Waals surface area contributed by atoms with Gasteiger partial charge in [0.2, 0.25) is 11.3 Å². The van der Waals surface area contributed by atoms with Crippen molar-refractivity contribution in [3.8, 4) is 5.75 Å². The minimum absolute atomic E-state index is 0.128. The molecule has 0 amide bonds. The molecule has 0 aliphatic carbocycles. The Bertz CT molecular complexity index is 1060. The van der Waals surface area contributed by atoms with Crippen molar-refractivity contribution in [3.05, 3.63) is 60.2 Å². The maximum absolute atomic E-state index is 9.78. The number of nitrogens with zero attached hydrogens (tertiary/aromatic N) is 5. The van der Waals surface area contributed by atoms with Crippen LogP contribution in [0.2, 0.25) is 0 Å². The van der Waals surface area contributed by atoms with E-state index in [1.807, 2.05) is 30.3 Å².